The molecule has 122 valence electrons. The van der Waals surface area contributed by atoms with Crippen LogP contribution in [-0.2, 0) is 17.9 Å². The van der Waals surface area contributed by atoms with Crippen LogP contribution in [0.1, 0.15) is 25.3 Å². The molecule has 0 saturated carbocycles. The third-order valence-electron chi connectivity index (χ3n) is 4.31. The van der Waals surface area contributed by atoms with Crippen LogP contribution < -0.4 is 5.32 Å². The monoisotopic (exact) mass is 312 g/mol. The smallest absolute Gasteiger partial charge is 0.221 e. The quantitative estimate of drug-likeness (QED) is 0.923. The van der Waals surface area contributed by atoms with Crippen molar-refractivity contribution in [2.24, 2.45) is 5.92 Å². The van der Waals surface area contributed by atoms with Gasteiger partial charge in [0, 0.05) is 44.6 Å². The molecule has 3 rings (SSSR count). The maximum absolute atomic E-state index is 11.1. The number of carbonyl (C=O) groups is 1. The summed E-state index contributed by atoms with van der Waals surface area (Å²) < 4.78 is 2.18. The highest BCUT2D eigenvalue weighted by molar-refractivity contribution is 5.88. The van der Waals surface area contributed by atoms with E-state index in [-0.39, 0.29) is 5.91 Å². The number of amides is 1. The van der Waals surface area contributed by atoms with Gasteiger partial charge in [0.2, 0.25) is 5.91 Å². The lowest BCUT2D eigenvalue weighted by molar-refractivity contribution is -0.114. The third kappa shape index (κ3) is 4.66. The van der Waals surface area contributed by atoms with Crippen LogP contribution in [-0.4, -0.2) is 33.4 Å². The molecular weight excluding hydrogens is 288 g/mol. The first kappa shape index (κ1) is 15.7. The van der Waals surface area contributed by atoms with Gasteiger partial charge in [-0.05, 0) is 43.0 Å². The molecule has 1 atom stereocenters. The van der Waals surface area contributed by atoms with Crippen molar-refractivity contribution in [2.75, 3.05) is 18.4 Å². The third-order valence-corrected chi connectivity index (χ3v) is 4.31. The number of rotatable bonds is 5. The van der Waals surface area contributed by atoms with Crippen LogP contribution in [0.2, 0.25) is 0 Å². The number of piperidine rings is 1. The fourth-order valence-corrected chi connectivity index (χ4v) is 3.29. The molecule has 0 spiro atoms. The van der Waals surface area contributed by atoms with E-state index < -0.39 is 0 Å². The number of aromatic nitrogens is 2. The van der Waals surface area contributed by atoms with Crippen molar-refractivity contribution in [3.8, 4) is 0 Å². The summed E-state index contributed by atoms with van der Waals surface area (Å²) in [4.78, 5) is 17.7. The van der Waals surface area contributed by atoms with Gasteiger partial charge in [-0.25, -0.2) is 4.98 Å². The zero-order valence-corrected chi connectivity index (χ0v) is 13.6. The predicted octanol–water partition coefficient (Wildman–Crippen LogP) is 2.75. The highest BCUT2D eigenvalue weighted by atomic mass is 16.1. The van der Waals surface area contributed by atoms with E-state index in [2.05, 4.69) is 31.9 Å². The maximum atomic E-state index is 11.1. The molecule has 23 heavy (non-hydrogen) atoms. The van der Waals surface area contributed by atoms with Crippen LogP contribution in [0.15, 0.2) is 43.0 Å². The lowest BCUT2D eigenvalue weighted by Crippen LogP contribution is -2.36. The zero-order valence-electron chi connectivity index (χ0n) is 13.6. The lowest BCUT2D eigenvalue weighted by Gasteiger charge is -2.33. The standard InChI is InChI=1S/C18H24N4O/c1-15(23)20-18-6-4-16(5-7-18)11-21-9-2-3-17(12-21)13-22-10-8-19-14-22/h4-8,10,14,17H,2-3,9,11-13H2,1H3,(H,20,23)/t17-/m0/s1. The Bertz CT molecular complexity index is 621. The second kappa shape index (κ2) is 7.42. The molecular formula is C18H24N4O. The van der Waals surface area contributed by atoms with Gasteiger partial charge < -0.3 is 9.88 Å². The summed E-state index contributed by atoms with van der Waals surface area (Å²) in [7, 11) is 0. The Morgan fingerprint density at radius 2 is 2.17 bits per heavy atom. The van der Waals surface area contributed by atoms with E-state index in [9.17, 15) is 4.79 Å². The predicted molar refractivity (Wildman–Crippen MR) is 91.0 cm³/mol. The van der Waals surface area contributed by atoms with Gasteiger partial charge in [-0.1, -0.05) is 12.1 Å². The molecule has 5 nitrogen and oxygen atoms in total. The van der Waals surface area contributed by atoms with Crippen molar-refractivity contribution in [2.45, 2.75) is 32.9 Å². The van der Waals surface area contributed by atoms with E-state index in [1.165, 1.54) is 25.3 Å². The van der Waals surface area contributed by atoms with Crippen LogP contribution in [0.3, 0.4) is 0 Å². The first-order valence-corrected chi connectivity index (χ1v) is 8.23. The fraction of sp³-hybridized carbons (Fsp3) is 0.444. The molecule has 2 heterocycles. The van der Waals surface area contributed by atoms with Crippen LogP contribution in [0, 0.1) is 5.92 Å². The van der Waals surface area contributed by atoms with Gasteiger partial charge in [-0.3, -0.25) is 9.69 Å². The fourth-order valence-electron chi connectivity index (χ4n) is 3.29. The van der Waals surface area contributed by atoms with Crippen LogP contribution >= 0.6 is 0 Å². The molecule has 2 aromatic rings. The van der Waals surface area contributed by atoms with E-state index in [1.54, 1.807) is 0 Å². The SMILES string of the molecule is CC(=O)Nc1ccc(CN2CCC[C@H](Cn3ccnc3)C2)cc1. The van der Waals surface area contributed by atoms with Crippen molar-refractivity contribution in [3.05, 3.63) is 48.5 Å². The van der Waals surface area contributed by atoms with Gasteiger partial charge in [0.05, 0.1) is 6.33 Å². The van der Waals surface area contributed by atoms with Gasteiger partial charge in [0.15, 0.2) is 0 Å². The summed E-state index contributed by atoms with van der Waals surface area (Å²) >= 11 is 0. The number of imidazole rings is 1. The number of anilines is 1. The Balaban J connectivity index is 1.53. The molecule has 1 amide bonds. The average molecular weight is 312 g/mol. The summed E-state index contributed by atoms with van der Waals surface area (Å²) in [5.41, 5.74) is 2.15. The maximum Gasteiger partial charge on any atom is 0.221 e. The first-order valence-electron chi connectivity index (χ1n) is 8.23. The molecule has 0 unspecified atom stereocenters. The normalized spacial score (nSPS) is 18.7. The van der Waals surface area contributed by atoms with E-state index in [1.807, 2.05) is 30.9 Å². The molecule has 1 fully saturated rings. The van der Waals surface area contributed by atoms with Crippen LogP contribution in [0.4, 0.5) is 5.69 Å². The van der Waals surface area contributed by atoms with E-state index in [0.29, 0.717) is 5.92 Å². The van der Waals surface area contributed by atoms with Crippen LogP contribution in [0.5, 0.6) is 0 Å². The number of likely N-dealkylation sites (tertiary alicyclic amines) is 1. The Morgan fingerprint density at radius 3 is 2.87 bits per heavy atom. The Labute approximate surface area is 137 Å². The van der Waals surface area contributed by atoms with Gasteiger partial charge in [0.1, 0.15) is 0 Å². The summed E-state index contributed by atoms with van der Waals surface area (Å²) in [5.74, 6) is 0.660. The van der Waals surface area contributed by atoms with Crippen molar-refractivity contribution in [3.63, 3.8) is 0 Å². The lowest BCUT2D eigenvalue weighted by atomic mass is 9.97. The van der Waals surface area contributed by atoms with Crippen molar-refractivity contribution >= 4 is 11.6 Å². The summed E-state index contributed by atoms with van der Waals surface area (Å²) in [6, 6.07) is 8.16. The number of benzene rings is 1. The summed E-state index contributed by atoms with van der Waals surface area (Å²) in [6.45, 7) is 5.85. The highest BCUT2D eigenvalue weighted by Gasteiger charge is 2.20. The van der Waals surface area contributed by atoms with Crippen molar-refractivity contribution in [1.29, 1.82) is 0 Å². The molecule has 0 bridgehead atoms. The second-order valence-corrected chi connectivity index (χ2v) is 6.38. The first-order chi connectivity index (χ1) is 11.2. The topological polar surface area (TPSA) is 50.2 Å². The average Bonchev–Trinajstić information content (AvgIpc) is 3.02. The molecule has 1 aliphatic heterocycles. The molecule has 1 saturated heterocycles. The molecule has 1 aliphatic rings. The van der Waals surface area contributed by atoms with E-state index in [4.69, 9.17) is 0 Å². The largest absolute Gasteiger partial charge is 0.337 e. The number of hydrogen-bond acceptors (Lipinski definition) is 3. The van der Waals surface area contributed by atoms with Crippen LogP contribution in [0.25, 0.3) is 0 Å². The zero-order chi connectivity index (χ0) is 16.1. The van der Waals surface area contributed by atoms with Gasteiger partial charge in [-0.15, -0.1) is 0 Å². The Morgan fingerprint density at radius 1 is 1.35 bits per heavy atom. The molecule has 1 N–H and O–H groups in total. The van der Waals surface area contributed by atoms with Crippen molar-refractivity contribution < 1.29 is 4.79 Å². The van der Waals surface area contributed by atoms with E-state index in [0.717, 1.165) is 31.9 Å². The summed E-state index contributed by atoms with van der Waals surface area (Å²) in [5, 5.41) is 2.81. The number of nitrogens with zero attached hydrogens (tertiary/aromatic N) is 3. The van der Waals surface area contributed by atoms with E-state index >= 15 is 0 Å². The highest BCUT2D eigenvalue weighted by Crippen LogP contribution is 2.20. The molecule has 5 heteroatoms. The number of carbonyl (C=O) groups excluding carboxylic acids is 1. The van der Waals surface area contributed by atoms with Gasteiger partial charge in [0.25, 0.3) is 0 Å². The van der Waals surface area contributed by atoms with Gasteiger partial charge in [-0.2, -0.15) is 0 Å². The minimum atomic E-state index is -0.0314. The molecule has 0 radical (unpaired) electrons. The minimum absolute atomic E-state index is 0.0314. The van der Waals surface area contributed by atoms with Gasteiger partial charge >= 0.3 is 0 Å². The Kier molecular flexibility index (Phi) is 5.08. The van der Waals surface area contributed by atoms with Crippen molar-refractivity contribution in [1.82, 2.24) is 14.5 Å². The Hall–Kier alpha value is -2.14. The molecule has 0 aliphatic carbocycles. The number of nitrogens with one attached hydrogen (secondary N) is 1. The molecule has 1 aromatic heterocycles. The second-order valence-electron chi connectivity index (χ2n) is 6.38. The number of hydrogen-bond donors (Lipinski definition) is 1. The minimum Gasteiger partial charge on any atom is -0.337 e. The molecule has 1 aromatic carbocycles. The summed E-state index contributed by atoms with van der Waals surface area (Å²) in [6.07, 6.45) is 8.33.